The van der Waals surface area contributed by atoms with Crippen LogP contribution in [0.4, 0.5) is 5.82 Å². The van der Waals surface area contributed by atoms with E-state index in [9.17, 15) is 38.6 Å². The summed E-state index contributed by atoms with van der Waals surface area (Å²) < 4.78 is 54.1. The highest BCUT2D eigenvalue weighted by Gasteiger charge is 2.49. The summed E-state index contributed by atoms with van der Waals surface area (Å²) in [7, 11) is -15.4. The van der Waals surface area contributed by atoms with Crippen LogP contribution in [0.15, 0.2) is 17.8 Å². The van der Waals surface area contributed by atoms with E-state index in [1.165, 1.54) is 22.2 Å². The summed E-state index contributed by atoms with van der Waals surface area (Å²) >= 11 is 0. The lowest BCUT2D eigenvalue weighted by Crippen LogP contribution is -2.46. The number of phosphoric ester groups is 1. The molecule has 4 rings (SSSR count). The normalized spacial score (nSPS) is 29.5. The number of aromatic nitrogens is 4. The standard InChI is InChI=1S/C13H19N6O13P3/c1-6-16-17(2)11-8-12(15-4-14-11)19(5-18(6)8)13-10(21)9(20)7(30-13)3-29-34(25,26)32-35(27,28)31-33(22,23)24/h4-5,7,9-10,13,20-21H,3H2,1-2H3,(H3-,22,23,24,25,26,27,28). The molecule has 1 saturated heterocycles. The molecule has 0 saturated carbocycles. The fraction of sp³-hybridized carbons (Fsp3) is 0.538. The highest BCUT2D eigenvalue weighted by Crippen LogP contribution is 2.65. The summed E-state index contributed by atoms with van der Waals surface area (Å²) in [6.07, 6.45) is -3.25. The maximum Gasteiger partial charge on any atom is 0.487 e. The Morgan fingerprint density at radius 3 is 2.49 bits per heavy atom. The molecule has 5 N–H and O–H groups in total. The maximum atomic E-state index is 11.9. The van der Waals surface area contributed by atoms with Gasteiger partial charge < -0.3 is 34.5 Å². The van der Waals surface area contributed by atoms with Crippen molar-refractivity contribution in [1.29, 1.82) is 0 Å². The molecule has 7 atom stereocenters. The van der Waals surface area contributed by atoms with E-state index >= 15 is 0 Å². The molecule has 2 aliphatic rings. The predicted molar refractivity (Wildman–Crippen MR) is 108 cm³/mol. The van der Waals surface area contributed by atoms with Crippen molar-refractivity contribution in [2.75, 3.05) is 18.7 Å². The van der Waals surface area contributed by atoms with Crippen LogP contribution in [0.1, 0.15) is 13.2 Å². The quantitative estimate of drug-likeness (QED) is 0.168. The Balaban J connectivity index is 1.52. The van der Waals surface area contributed by atoms with Crippen LogP contribution >= 0.6 is 23.5 Å². The van der Waals surface area contributed by atoms with Gasteiger partial charge in [-0.15, -0.1) is 5.10 Å². The topological polar surface area (TPSA) is 263 Å². The van der Waals surface area contributed by atoms with Crippen LogP contribution in [0, 0.1) is 0 Å². The van der Waals surface area contributed by atoms with Gasteiger partial charge >= 0.3 is 21.3 Å². The molecule has 0 amide bonds. The van der Waals surface area contributed by atoms with Gasteiger partial charge in [0, 0.05) is 14.0 Å². The van der Waals surface area contributed by atoms with Crippen molar-refractivity contribution in [3.05, 3.63) is 12.7 Å². The van der Waals surface area contributed by atoms with Gasteiger partial charge in [0.15, 0.2) is 24.3 Å². The van der Waals surface area contributed by atoms with E-state index in [0.29, 0.717) is 22.8 Å². The lowest BCUT2D eigenvalue weighted by molar-refractivity contribution is -0.745. The highest BCUT2D eigenvalue weighted by atomic mass is 31.3. The van der Waals surface area contributed by atoms with Crippen molar-refractivity contribution >= 4 is 46.3 Å². The summed E-state index contributed by atoms with van der Waals surface area (Å²) in [5.74, 6) is 0.984. The zero-order valence-corrected chi connectivity index (χ0v) is 20.4. The maximum absolute atomic E-state index is 11.9. The van der Waals surface area contributed by atoms with E-state index in [1.54, 1.807) is 18.5 Å². The first kappa shape index (κ1) is 26.4. The molecule has 1 fully saturated rings. The van der Waals surface area contributed by atoms with Crippen LogP contribution in [0.5, 0.6) is 0 Å². The number of hydrogen-bond acceptors (Lipinski definition) is 14. The van der Waals surface area contributed by atoms with E-state index in [1.807, 2.05) is 0 Å². The van der Waals surface area contributed by atoms with Crippen LogP contribution in [0.2, 0.25) is 0 Å². The molecule has 2 aromatic rings. The second-order valence-electron chi connectivity index (χ2n) is 7.34. The molecule has 194 valence electrons. The van der Waals surface area contributed by atoms with Crippen molar-refractivity contribution in [2.45, 2.75) is 31.5 Å². The Hall–Kier alpha value is -1.69. The van der Waals surface area contributed by atoms with Gasteiger partial charge in [-0.05, 0) is 0 Å². The lowest BCUT2D eigenvalue weighted by atomic mass is 10.1. The van der Waals surface area contributed by atoms with Crippen LogP contribution < -0.4 is 14.5 Å². The number of hydrazone groups is 1. The number of imidazole rings is 1. The number of hydrogen-bond donors (Lipinski definition) is 5. The number of phosphoric acid groups is 3. The van der Waals surface area contributed by atoms with E-state index in [-0.39, 0.29) is 0 Å². The van der Waals surface area contributed by atoms with E-state index < -0.39 is 54.6 Å². The number of nitrogens with zero attached hydrogens (tertiary/aromatic N) is 6. The van der Waals surface area contributed by atoms with Gasteiger partial charge in [0.2, 0.25) is 11.7 Å². The van der Waals surface area contributed by atoms with E-state index in [4.69, 9.17) is 9.63 Å². The Labute approximate surface area is 195 Å². The van der Waals surface area contributed by atoms with Crippen LogP contribution in [-0.2, 0) is 31.6 Å². The molecule has 19 nitrogen and oxygen atoms in total. The molecule has 2 aromatic heterocycles. The third-order valence-electron chi connectivity index (χ3n) is 4.88. The number of aliphatic hydroxyl groups excluding tert-OH is 2. The molecule has 0 aromatic carbocycles. The summed E-state index contributed by atoms with van der Waals surface area (Å²) in [5.41, 5.74) is 0.827. The summed E-state index contributed by atoms with van der Waals surface area (Å²) in [4.78, 5) is 46.1. The first-order chi connectivity index (χ1) is 16.1. The number of anilines is 1. The van der Waals surface area contributed by atoms with Gasteiger partial charge in [0.25, 0.3) is 7.82 Å². The smallest absolute Gasteiger partial charge is 0.487 e. The van der Waals surface area contributed by atoms with Gasteiger partial charge in [0.05, 0.1) is 6.61 Å². The zero-order chi connectivity index (χ0) is 25.9. The SMILES string of the molecule is CC1=NN(C)c2ncnc3c2n1c[n+]3C1OC(COP(=O)(O)OP(=O)(O)OP(=O)([O-])O)C(O)C1O. The molecular formula is C13H19N6O13P3. The molecule has 0 bridgehead atoms. The van der Waals surface area contributed by atoms with E-state index in [0.717, 1.165) is 0 Å². The predicted octanol–water partition coefficient (Wildman–Crippen LogP) is -2.32. The van der Waals surface area contributed by atoms with E-state index in [2.05, 4.69) is 28.2 Å². The third kappa shape index (κ3) is 5.38. The molecule has 22 heteroatoms. The highest BCUT2D eigenvalue weighted by molar-refractivity contribution is 7.66. The Morgan fingerprint density at radius 1 is 1.14 bits per heavy atom. The van der Waals surface area contributed by atoms with Gasteiger partial charge in [-0.25, -0.2) is 27.6 Å². The molecular weight excluding hydrogens is 541 g/mol. The first-order valence-electron chi connectivity index (χ1n) is 9.43. The average Bonchev–Trinajstić information content (AvgIpc) is 3.21. The minimum Gasteiger partial charge on any atom is -0.756 e. The van der Waals surface area contributed by atoms with Gasteiger partial charge in [-0.1, -0.05) is 4.98 Å². The van der Waals surface area contributed by atoms with Gasteiger partial charge in [-0.2, -0.15) is 9.29 Å². The number of rotatable bonds is 8. The Kier molecular flexibility index (Phi) is 6.79. The van der Waals surface area contributed by atoms with Crippen molar-refractivity contribution < 1.29 is 65.9 Å². The van der Waals surface area contributed by atoms with Gasteiger partial charge in [0.1, 0.15) is 18.3 Å². The van der Waals surface area contributed by atoms with Crippen molar-refractivity contribution in [2.24, 2.45) is 5.10 Å². The number of ether oxygens (including phenoxy) is 1. The zero-order valence-electron chi connectivity index (χ0n) is 17.7. The summed E-state index contributed by atoms with van der Waals surface area (Å²) in [6, 6.07) is 0. The Bertz CT molecular complexity index is 1330. The molecule has 2 aliphatic heterocycles. The Morgan fingerprint density at radius 2 is 1.83 bits per heavy atom. The van der Waals surface area contributed by atoms with Crippen molar-refractivity contribution in [3.8, 4) is 0 Å². The fourth-order valence-electron chi connectivity index (χ4n) is 3.55. The molecule has 0 radical (unpaired) electrons. The van der Waals surface area contributed by atoms with Gasteiger partial charge in [-0.3, -0.25) is 9.09 Å². The van der Waals surface area contributed by atoms with Crippen molar-refractivity contribution in [3.63, 3.8) is 0 Å². The second-order valence-corrected chi connectivity index (χ2v) is 11.7. The summed E-state index contributed by atoms with van der Waals surface area (Å²) in [6.45, 7) is 0.748. The molecule has 7 unspecified atom stereocenters. The van der Waals surface area contributed by atoms with Crippen molar-refractivity contribution in [1.82, 2.24) is 14.5 Å². The lowest BCUT2D eigenvalue weighted by Gasteiger charge is -2.21. The monoisotopic (exact) mass is 560 g/mol. The molecule has 0 aliphatic carbocycles. The average molecular weight is 560 g/mol. The van der Waals surface area contributed by atoms with Crippen LogP contribution in [-0.4, -0.2) is 77.2 Å². The largest absolute Gasteiger partial charge is 0.756 e. The van der Waals surface area contributed by atoms with Crippen LogP contribution in [0.25, 0.3) is 11.2 Å². The first-order valence-corrected chi connectivity index (χ1v) is 13.9. The molecule has 4 heterocycles. The summed E-state index contributed by atoms with van der Waals surface area (Å²) in [5, 5.41) is 26.8. The molecule has 35 heavy (non-hydrogen) atoms. The van der Waals surface area contributed by atoms with Crippen LogP contribution in [0.3, 0.4) is 0 Å². The second kappa shape index (κ2) is 9.00. The number of aliphatic hydroxyl groups is 2. The minimum absolute atomic E-state index is 0.300. The third-order valence-corrected chi connectivity index (χ3v) is 8.66. The molecule has 0 spiro atoms. The fourth-order valence-corrected chi connectivity index (χ4v) is 6.54. The minimum atomic E-state index is -5.80.